The fourth-order valence-electron chi connectivity index (χ4n) is 3.21. The van der Waals surface area contributed by atoms with Gasteiger partial charge in [-0.2, -0.15) is 9.97 Å². The van der Waals surface area contributed by atoms with Crippen molar-refractivity contribution in [2.75, 3.05) is 43.6 Å². The van der Waals surface area contributed by atoms with E-state index in [1.54, 1.807) is 7.11 Å². The first-order valence-corrected chi connectivity index (χ1v) is 9.73. The van der Waals surface area contributed by atoms with E-state index in [0.29, 0.717) is 36.7 Å². The van der Waals surface area contributed by atoms with E-state index in [0.717, 1.165) is 36.0 Å². The Balaban J connectivity index is 1.38. The van der Waals surface area contributed by atoms with E-state index < -0.39 is 0 Å². The summed E-state index contributed by atoms with van der Waals surface area (Å²) in [7, 11) is 1.60. The molecule has 0 aliphatic carbocycles. The molecule has 0 atom stereocenters. The molecule has 2 aliphatic heterocycles. The Kier molecular flexibility index (Phi) is 5.61. The van der Waals surface area contributed by atoms with E-state index in [2.05, 4.69) is 25.5 Å². The predicted octanol–water partition coefficient (Wildman–Crippen LogP) is 2.34. The molecule has 0 radical (unpaired) electrons. The molecular formula is C19H23N5O3S. The summed E-state index contributed by atoms with van der Waals surface area (Å²) < 4.78 is 16.5. The van der Waals surface area contributed by atoms with Gasteiger partial charge in [0.1, 0.15) is 19.0 Å². The zero-order valence-corrected chi connectivity index (χ0v) is 16.6. The van der Waals surface area contributed by atoms with Crippen molar-refractivity contribution in [1.29, 1.82) is 0 Å². The fourth-order valence-corrected chi connectivity index (χ4v) is 3.37. The van der Waals surface area contributed by atoms with E-state index in [9.17, 15) is 0 Å². The van der Waals surface area contributed by atoms with Gasteiger partial charge in [0.2, 0.25) is 11.8 Å². The number of hydrogen-bond donors (Lipinski definition) is 2. The molecule has 2 N–H and O–H groups in total. The topological polar surface area (TPSA) is 80.8 Å². The Morgan fingerprint density at radius 1 is 1.14 bits per heavy atom. The molecule has 1 saturated heterocycles. The van der Waals surface area contributed by atoms with Crippen LogP contribution in [-0.4, -0.2) is 48.5 Å². The molecule has 1 aromatic carbocycles. The average Bonchev–Trinajstić information content (AvgIpc) is 3.27. The molecule has 4 rings (SSSR count). The van der Waals surface area contributed by atoms with Crippen LogP contribution in [0.4, 0.5) is 11.8 Å². The van der Waals surface area contributed by atoms with Crippen LogP contribution in [0.25, 0.3) is 0 Å². The number of ether oxygens (including phenoxy) is 3. The van der Waals surface area contributed by atoms with Gasteiger partial charge < -0.3 is 29.7 Å². The molecule has 2 aromatic rings. The van der Waals surface area contributed by atoms with Gasteiger partial charge in [0.15, 0.2) is 16.6 Å². The molecule has 1 fully saturated rings. The SMILES string of the molecule is COc1cc(N2CCCC2)nc(NC(=S)NCc2ccc3c(c2)OCCO3)n1. The Hall–Kier alpha value is -2.81. The first-order valence-electron chi connectivity index (χ1n) is 9.33. The van der Waals surface area contributed by atoms with Crippen molar-refractivity contribution in [2.45, 2.75) is 19.4 Å². The third-order valence-electron chi connectivity index (χ3n) is 4.61. The van der Waals surface area contributed by atoms with Gasteiger partial charge in [-0.3, -0.25) is 0 Å². The van der Waals surface area contributed by atoms with Gasteiger partial charge >= 0.3 is 0 Å². The van der Waals surface area contributed by atoms with Crippen LogP contribution in [0.15, 0.2) is 24.3 Å². The Morgan fingerprint density at radius 2 is 1.93 bits per heavy atom. The lowest BCUT2D eigenvalue weighted by Crippen LogP contribution is -2.29. The molecule has 0 saturated carbocycles. The van der Waals surface area contributed by atoms with Crippen LogP contribution in [-0.2, 0) is 6.54 Å². The molecule has 148 valence electrons. The van der Waals surface area contributed by atoms with Crippen molar-refractivity contribution in [3.05, 3.63) is 29.8 Å². The summed E-state index contributed by atoms with van der Waals surface area (Å²) in [6.07, 6.45) is 2.34. The van der Waals surface area contributed by atoms with Crippen molar-refractivity contribution in [3.63, 3.8) is 0 Å². The second kappa shape index (κ2) is 8.47. The molecule has 0 unspecified atom stereocenters. The summed E-state index contributed by atoms with van der Waals surface area (Å²) in [5.41, 5.74) is 1.04. The number of nitrogens with one attached hydrogen (secondary N) is 2. The van der Waals surface area contributed by atoms with Crippen LogP contribution >= 0.6 is 12.2 Å². The zero-order chi connectivity index (χ0) is 19.3. The maximum Gasteiger partial charge on any atom is 0.234 e. The van der Waals surface area contributed by atoms with Crippen molar-refractivity contribution in [3.8, 4) is 17.4 Å². The third kappa shape index (κ3) is 4.36. The highest BCUT2D eigenvalue weighted by Crippen LogP contribution is 2.30. The summed E-state index contributed by atoms with van der Waals surface area (Å²) in [4.78, 5) is 11.1. The van der Waals surface area contributed by atoms with Crippen molar-refractivity contribution in [1.82, 2.24) is 15.3 Å². The van der Waals surface area contributed by atoms with Crippen molar-refractivity contribution < 1.29 is 14.2 Å². The molecule has 0 amide bonds. The number of hydrogen-bond acceptors (Lipinski definition) is 7. The lowest BCUT2D eigenvalue weighted by atomic mass is 10.2. The lowest BCUT2D eigenvalue weighted by Gasteiger charge is -2.19. The summed E-state index contributed by atoms with van der Waals surface area (Å²) in [6.45, 7) is 3.68. The van der Waals surface area contributed by atoms with E-state index in [1.807, 2.05) is 24.3 Å². The number of fused-ring (bicyclic) bond motifs is 1. The number of methoxy groups -OCH3 is 1. The van der Waals surface area contributed by atoms with Gasteiger partial charge in [-0.15, -0.1) is 0 Å². The molecular weight excluding hydrogens is 378 g/mol. The molecule has 28 heavy (non-hydrogen) atoms. The van der Waals surface area contributed by atoms with Crippen LogP contribution in [0.5, 0.6) is 17.4 Å². The molecule has 3 heterocycles. The minimum atomic E-state index is 0.418. The zero-order valence-electron chi connectivity index (χ0n) is 15.7. The maximum atomic E-state index is 5.61. The highest BCUT2D eigenvalue weighted by Gasteiger charge is 2.17. The van der Waals surface area contributed by atoms with Crippen LogP contribution in [0.1, 0.15) is 18.4 Å². The molecule has 2 aliphatic rings. The van der Waals surface area contributed by atoms with Crippen molar-refractivity contribution >= 4 is 29.1 Å². The standard InChI is InChI=1S/C19H23N5O3S/c1-25-17-11-16(24-6-2-3-7-24)21-18(22-17)23-19(28)20-12-13-4-5-14-15(10-13)27-9-8-26-14/h4-5,10-11H,2-3,6-9,12H2,1H3,(H2,20,21,22,23,28). The largest absolute Gasteiger partial charge is 0.486 e. The Labute approximate surface area is 169 Å². The van der Waals surface area contributed by atoms with E-state index in [-0.39, 0.29) is 0 Å². The minimum absolute atomic E-state index is 0.418. The molecule has 0 bridgehead atoms. The van der Waals surface area contributed by atoms with Crippen molar-refractivity contribution in [2.24, 2.45) is 0 Å². The van der Waals surface area contributed by atoms with Gasteiger partial charge in [-0.25, -0.2) is 0 Å². The quantitative estimate of drug-likeness (QED) is 0.734. The monoisotopic (exact) mass is 401 g/mol. The smallest absolute Gasteiger partial charge is 0.234 e. The molecule has 8 nitrogen and oxygen atoms in total. The van der Waals surface area contributed by atoms with E-state index >= 15 is 0 Å². The van der Waals surface area contributed by atoms with Gasteiger partial charge in [-0.05, 0) is 42.8 Å². The van der Waals surface area contributed by atoms with Crippen LogP contribution in [0.3, 0.4) is 0 Å². The van der Waals surface area contributed by atoms with Crippen LogP contribution in [0, 0.1) is 0 Å². The van der Waals surface area contributed by atoms with Crippen LogP contribution in [0.2, 0.25) is 0 Å². The normalized spacial score (nSPS) is 15.2. The third-order valence-corrected chi connectivity index (χ3v) is 4.86. The summed E-state index contributed by atoms with van der Waals surface area (Å²) in [6, 6.07) is 7.70. The number of anilines is 2. The highest BCUT2D eigenvalue weighted by atomic mass is 32.1. The Morgan fingerprint density at radius 3 is 2.71 bits per heavy atom. The second-order valence-corrected chi connectivity index (χ2v) is 6.98. The summed E-state index contributed by atoms with van der Waals surface area (Å²) >= 11 is 5.40. The number of rotatable bonds is 5. The first-order chi connectivity index (χ1) is 13.7. The minimum Gasteiger partial charge on any atom is -0.486 e. The number of thiocarbonyl (C=S) groups is 1. The molecule has 1 aromatic heterocycles. The first kappa shape index (κ1) is 18.5. The lowest BCUT2D eigenvalue weighted by molar-refractivity contribution is 0.171. The fraction of sp³-hybridized carbons (Fsp3) is 0.421. The Bertz CT molecular complexity index is 857. The van der Waals surface area contributed by atoms with Gasteiger partial charge in [-0.1, -0.05) is 6.07 Å². The molecule has 0 spiro atoms. The van der Waals surface area contributed by atoms with E-state index in [1.165, 1.54) is 12.8 Å². The number of aromatic nitrogens is 2. The van der Waals surface area contributed by atoms with E-state index in [4.69, 9.17) is 26.4 Å². The number of benzene rings is 1. The summed E-state index contributed by atoms with van der Waals surface area (Å²) in [5.74, 6) is 3.31. The van der Waals surface area contributed by atoms with Crippen LogP contribution < -0.4 is 29.7 Å². The summed E-state index contributed by atoms with van der Waals surface area (Å²) in [5, 5.41) is 6.66. The number of nitrogens with zero attached hydrogens (tertiary/aromatic N) is 3. The average molecular weight is 401 g/mol. The molecule has 9 heteroatoms. The second-order valence-electron chi connectivity index (χ2n) is 6.57. The predicted molar refractivity (Wildman–Crippen MR) is 111 cm³/mol. The highest BCUT2D eigenvalue weighted by molar-refractivity contribution is 7.80. The van der Waals surface area contributed by atoms with Gasteiger partial charge in [0, 0.05) is 25.7 Å². The van der Waals surface area contributed by atoms with Gasteiger partial charge in [0.05, 0.1) is 7.11 Å². The van der Waals surface area contributed by atoms with Gasteiger partial charge in [0.25, 0.3) is 0 Å². The maximum absolute atomic E-state index is 5.61.